The highest BCUT2D eigenvalue weighted by Crippen LogP contribution is 2.26. The minimum Gasteiger partial charge on any atom is -0.448 e. The number of primary amides is 1. The smallest absolute Gasteiger partial charge is 0.404 e. The third-order valence-electron chi connectivity index (χ3n) is 2.72. The summed E-state index contributed by atoms with van der Waals surface area (Å²) in [7, 11) is 0. The number of hydrogen-bond donors (Lipinski definition) is 1. The van der Waals surface area contributed by atoms with E-state index in [-0.39, 0.29) is 24.2 Å². The summed E-state index contributed by atoms with van der Waals surface area (Å²) in [5, 5.41) is -0.515. The minimum atomic E-state index is -0.924. The first kappa shape index (κ1) is 14.5. The molecule has 0 fully saturated rings. The van der Waals surface area contributed by atoms with E-state index in [1.165, 1.54) is 4.57 Å². The molecule has 0 spiro atoms. The van der Waals surface area contributed by atoms with Crippen molar-refractivity contribution in [3.05, 3.63) is 29.6 Å². The van der Waals surface area contributed by atoms with Gasteiger partial charge >= 0.3 is 6.09 Å². The predicted octanol–water partition coefficient (Wildman–Crippen LogP) is 2.71. The van der Waals surface area contributed by atoms with Crippen LogP contribution in [-0.2, 0) is 11.3 Å². The van der Waals surface area contributed by atoms with Gasteiger partial charge in [-0.15, -0.1) is 11.6 Å². The molecule has 108 valence electrons. The van der Waals surface area contributed by atoms with Gasteiger partial charge in [-0.3, -0.25) is 0 Å². The highest BCUT2D eigenvalue weighted by Gasteiger charge is 2.18. The van der Waals surface area contributed by atoms with Crippen molar-refractivity contribution in [3.63, 3.8) is 0 Å². The molecule has 0 aliphatic heterocycles. The Kier molecular flexibility index (Phi) is 4.08. The van der Waals surface area contributed by atoms with Crippen LogP contribution in [-0.4, -0.2) is 22.3 Å². The Morgan fingerprint density at radius 2 is 2.25 bits per heavy atom. The van der Waals surface area contributed by atoms with E-state index in [1.807, 2.05) is 0 Å². The van der Waals surface area contributed by atoms with Crippen LogP contribution in [0.15, 0.2) is 12.1 Å². The van der Waals surface area contributed by atoms with E-state index in [0.29, 0.717) is 5.82 Å². The van der Waals surface area contributed by atoms with Crippen molar-refractivity contribution in [2.75, 3.05) is 6.61 Å². The summed E-state index contributed by atoms with van der Waals surface area (Å²) in [6.45, 7) is 1.76. The molecule has 1 amide bonds. The molecule has 0 bridgehead atoms. The number of hydrogen-bond acceptors (Lipinski definition) is 3. The molecule has 2 rings (SSSR count). The van der Waals surface area contributed by atoms with Crippen LogP contribution >= 0.6 is 11.6 Å². The number of alkyl halides is 1. The van der Waals surface area contributed by atoms with Gasteiger partial charge in [-0.25, -0.2) is 18.6 Å². The summed E-state index contributed by atoms with van der Waals surface area (Å²) in [4.78, 5) is 14.6. The van der Waals surface area contributed by atoms with E-state index >= 15 is 0 Å². The van der Waals surface area contributed by atoms with E-state index in [4.69, 9.17) is 17.3 Å². The van der Waals surface area contributed by atoms with E-state index in [0.717, 1.165) is 12.1 Å². The molecule has 0 aliphatic rings. The first-order valence-corrected chi connectivity index (χ1v) is 6.25. The molecule has 1 unspecified atom stereocenters. The maximum absolute atomic E-state index is 13.7. The topological polar surface area (TPSA) is 70.1 Å². The van der Waals surface area contributed by atoms with Gasteiger partial charge in [-0.1, -0.05) is 0 Å². The van der Waals surface area contributed by atoms with Gasteiger partial charge < -0.3 is 15.0 Å². The van der Waals surface area contributed by atoms with Crippen LogP contribution in [0, 0.1) is 11.6 Å². The van der Waals surface area contributed by atoms with Gasteiger partial charge in [-0.2, -0.15) is 0 Å². The molecule has 0 aliphatic carbocycles. The van der Waals surface area contributed by atoms with Crippen molar-refractivity contribution in [2.24, 2.45) is 5.73 Å². The molecule has 20 heavy (non-hydrogen) atoms. The summed E-state index contributed by atoms with van der Waals surface area (Å²) in [5.41, 5.74) is 5.13. The maximum atomic E-state index is 13.7. The number of fused-ring (bicyclic) bond motifs is 1. The lowest BCUT2D eigenvalue weighted by Crippen LogP contribution is -2.17. The lowest BCUT2D eigenvalue weighted by molar-refractivity contribution is 0.152. The van der Waals surface area contributed by atoms with Gasteiger partial charge in [0.1, 0.15) is 23.8 Å². The maximum Gasteiger partial charge on any atom is 0.404 e. The number of carbonyl (C=O) groups excluding carboxylic acids is 1. The van der Waals surface area contributed by atoms with Crippen molar-refractivity contribution in [2.45, 2.75) is 18.8 Å². The van der Waals surface area contributed by atoms with Gasteiger partial charge in [0.15, 0.2) is 5.82 Å². The zero-order chi connectivity index (χ0) is 14.9. The number of halogens is 3. The fourth-order valence-corrected chi connectivity index (χ4v) is 2.11. The third-order valence-corrected chi connectivity index (χ3v) is 2.91. The molecular weight excluding hydrogens is 292 g/mol. The van der Waals surface area contributed by atoms with Gasteiger partial charge in [0.05, 0.1) is 17.4 Å². The number of nitrogens with zero attached hydrogens (tertiary/aromatic N) is 2. The Bertz CT molecular complexity index is 658. The molecule has 2 aromatic rings. The lowest BCUT2D eigenvalue weighted by atomic mass is 10.3. The number of aromatic nitrogens is 2. The van der Waals surface area contributed by atoms with Crippen molar-refractivity contribution in [1.82, 2.24) is 9.55 Å². The Hall–Kier alpha value is -1.89. The molecule has 0 saturated carbocycles. The first-order chi connectivity index (χ1) is 9.40. The second-order valence-electron chi connectivity index (χ2n) is 4.16. The normalized spacial score (nSPS) is 12.6. The Labute approximate surface area is 118 Å². The summed E-state index contributed by atoms with van der Waals surface area (Å²) in [6.07, 6.45) is -0.924. The summed E-state index contributed by atoms with van der Waals surface area (Å²) in [6, 6.07) is 1.90. The number of ether oxygens (including phenoxy) is 1. The summed E-state index contributed by atoms with van der Waals surface area (Å²) in [5.74, 6) is -1.13. The molecule has 1 aromatic carbocycles. The Morgan fingerprint density at radius 1 is 1.55 bits per heavy atom. The standard InChI is InChI=1S/C12H12ClF2N3O2/c1-6(13)11-17-10-8(15)4-7(14)5-9(10)18(11)2-3-20-12(16)19/h4-6H,2-3H2,1H3,(H2,16,19). The van der Waals surface area contributed by atoms with E-state index in [2.05, 4.69) is 9.72 Å². The first-order valence-electron chi connectivity index (χ1n) is 5.81. The van der Waals surface area contributed by atoms with Crippen molar-refractivity contribution in [3.8, 4) is 0 Å². The number of amides is 1. The van der Waals surface area contributed by atoms with Crippen molar-refractivity contribution < 1.29 is 18.3 Å². The predicted molar refractivity (Wildman–Crippen MR) is 69.5 cm³/mol. The SMILES string of the molecule is CC(Cl)c1nc2c(F)cc(F)cc2n1CCOC(N)=O. The highest BCUT2D eigenvalue weighted by molar-refractivity contribution is 6.20. The Morgan fingerprint density at radius 3 is 2.85 bits per heavy atom. The van der Waals surface area contributed by atoms with Crippen LogP contribution in [0.3, 0.4) is 0 Å². The molecule has 2 N–H and O–H groups in total. The zero-order valence-corrected chi connectivity index (χ0v) is 11.3. The summed E-state index contributed by atoms with van der Waals surface area (Å²) >= 11 is 5.98. The number of imidazole rings is 1. The van der Waals surface area contributed by atoms with Crippen LogP contribution in [0.1, 0.15) is 18.1 Å². The van der Waals surface area contributed by atoms with Crippen LogP contribution in [0.4, 0.5) is 13.6 Å². The fraction of sp³-hybridized carbons (Fsp3) is 0.333. The molecule has 0 saturated heterocycles. The van der Waals surface area contributed by atoms with Crippen LogP contribution in [0.5, 0.6) is 0 Å². The second-order valence-corrected chi connectivity index (χ2v) is 4.82. The average Bonchev–Trinajstić information content (AvgIpc) is 2.68. The number of nitrogens with two attached hydrogens (primary N) is 1. The van der Waals surface area contributed by atoms with E-state index < -0.39 is 23.1 Å². The monoisotopic (exact) mass is 303 g/mol. The fourth-order valence-electron chi connectivity index (χ4n) is 1.94. The minimum absolute atomic E-state index is 0.0213. The number of carbonyl (C=O) groups is 1. The molecule has 1 atom stereocenters. The van der Waals surface area contributed by atoms with Crippen molar-refractivity contribution in [1.29, 1.82) is 0 Å². The van der Waals surface area contributed by atoms with Crippen LogP contribution in [0.25, 0.3) is 11.0 Å². The average molecular weight is 304 g/mol. The summed E-state index contributed by atoms with van der Waals surface area (Å²) < 4.78 is 33.1. The highest BCUT2D eigenvalue weighted by atomic mass is 35.5. The Balaban J connectivity index is 2.47. The molecular formula is C12H12ClF2N3O2. The third kappa shape index (κ3) is 2.82. The van der Waals surface area contributed by atoms with Crippen LogP contribution in [0.2, 0.25) is 0 Å². The van der Waals surface area contributed by atoms with Crippen molar-refractivity contribution >= 4 is 28.7 Å². The number of benzene rings is 1. The molecule has 1 aromatic heterocycles. The second kappa shape index (κ2) is 5.62. The van der Waals surface area contributed by atoms with Crippen LogP contribution < -0.4 is 5.73 Å². The quantitative estimate of drug-likeness (QED) is 0.883. The molecule has 5 nitrogen and oxygen atoms in total. The lowest BCUT2D eigenvalue weighted by Gasteiger charge is -2.10. The molecule has 1 heterocycles. The molecule has 0 radical (unpaired) electrons. The van der Waals surface area contributed by atoms with Gasteiger partial charge in [-0.05, 0) is 13.0 Å². The largest absolute Gasteiger partial charge is 0.448 e. The van der Waals surface area contributed by atoms with E-state index in [1.54, 1.807) is 6.92 Å². The zero-order valence-electron chi connectivity index (χ0n) is 10.6. The van der Waals surface area contributed by atoms with Gasteiger partial charge in [0, 0.05) is 6.07 Å². The van der Waals surface area contributed by atoms with E-state index in [9.17, 15) is 13.6 Å². The number of rotatable bonds is 4. The van der Waals surface area contributed by atoms with Gasteiger partial charge in [0.2, 0.25) is 0 Å². The molecule has 8 heteroatoms. The van der Waals surface area contributed by atoms with Gasteiger partial charge in [0.25, 0.3) is 0 Å².